The lowest BCUT2D eigenvalue weighted by atomic mass is 10.2. The third-order valence-corrected chi connectivity index (χ3v) is 5.21. The van der Waals surface area contributed by atoms with Gasteiger partial charge in [-0.3, -0.25) is 0 Å². The second-order valence-electron chi connectivity index (χ2n) is 6.12. The summed E-state index contributed by atoms with van der Waals surface area (Å²) in [6, 6.07) is 12.5. The zero-order valence-electron chi connectivity index (χ0n) is 15.0. The number of allylic oxidation sites excluding steroid dienone is 1. The molecular formula is C19H15F3N6S. The molecule has 2 aromatic heterocycles. The normalized spacial score (nSPS) is 11.8. The van der Waals surface area contributed by atoms with Gasteiger partial charge >= 0.3 is 6.18 Å². The molecule has 0 spiro atoms. The molecule has 0 atom stereocenters. The summed E-state index contributed by atoms with van der Waals surface area (Å²) in [5.41, 5.74) is 1.61. The maximum absolute atomic E-state index is 12.8. The van der Waals surface area contributed by atoms with Crippen LogP contribution in [0.1, 0.15) is 11.4 Å². The summed E-state index contributed by atoms with van der Waals surface area (Å²) in [5, 5.41) is 12.4. The molecule has 2 aromatic carbocycles. The Morgan fingerprint density at radius 3 is 2.55 bits per heavy atom. The van der Waals surface area contributed by atoms with Crippen LogP contribution in [0.25, 0.3) is 16.7 Å². The van der Waals surface area contributed by atoms with Crippen molar-refractivity contribution in [3.63, 3.8) is 0 Å². The number of para-hydroxylation sites is 2. The molecular weight excluding hydrogens is 401 g/mol. The number of nitrogens with zero attached hydrogens (tertiary/aromatic N) is 6. The van der Waals surface area contributed by atoms with Gasteiger partial charge < -0.3 is 4.57 Å². The molecule has 0 aliphatic rings. The van der Waals surface area contributed by atoms with Gasteiger partial charge in [-0.2, -0.15) is 17.9 Å². The highest BCUT2D eigenvalue weighted by Gasteiger charge is 2.30. The molecule has 0 N–H and O–H groups in total. The Bertz CT molecular complexity index is 1150. The van der Waals surface area contributed by atoms with Crippen LogP contribution in [0.15, 0.2) is 66.3 Å². The van der Waals surface area contributed by atoms with Crippen LogP contribution in [0.4, 0.5) is 13.2 Å². The van der Waals surface area contributed by atoms with Gasteiger partial charge in [0.15, 0.2) is 11.0 Å². The summed E-state index contributed by atoms with van der Waals surface area (Å²) in [4.78, 5) is 4.65. The van der Waals surface area contributed by atoms with Gasteiger partial charge in [0.1, 0.15) is 0 Å². The number of halogens is 3. The zero-order chi connectivity index (χ0) is 20.4. The largest absolute Gasteiger partial charge is 0.416 e. The first-order valence-electron chi connectivity index (χ1n) is 8.61. The highest BCUT2D eigenvalue weighted by molar-refractivity contribution is 7.98. The molecule has 2 heterocycles. The summed E-state index contributed by atoms with van der Waals surface area (Å²) in [7, 11) is 0. The Labute approximate surface area is 168 Å². The van der Waals surface area contributed by atoms with E-state index in [4.69, 9.17) is 0 Å². The van der Waals surface area contributed by atoms with E-state index in [-0.39, 0.29) is 0 Å². The Hall–Kier alpha value is -3.14. The first kappa shape index (κ1) is 19.2. The van der Waals surface area contributed by atoms with Crippen LogP contribution in [-0.4, -0.2) is 29.8 Å². The van der Waals surface area contributed by atoms with Crippen LogP contribution in [0.2, 0.25) is 0 Å². The van der Waals surface area contributed by atoms with Gasteiger partial charge in [-0.1, -0.05) is 30.0 Å². The van der Waals surface area contributed by atoms with E-state index in [0.29, 0.717) is 23.8 Å². The van der Waals surface area contributed by atoms with Crippen LogP contribution in [0, 0.1) is 0 Å². The number of fused-ring (bicyclic) bond motifs is 1. The molecule has 4 rings (SSSR count). The fourth-order valence-electron chi connectivity index (χ4n) is 2.89. The topological polar surface area (TPSA) is 61.4 Å². The molecule has 4 aromatic rings. The van der Waals surface area contributed by atoms with Gasteiger partial charge in [0, 0.05) is 6.54 Å². The van der Waals surface area contributed by atoms with Crippen LogP contribution < -0.4 is 0 Å². The first-order valence-corrected chi connectivity index (χ1v) is 9.60. The number of hydrogen-bond acceptors (Lipinski definition) is 5. The molecule has 29 heavy (non-hydrogen) atoms. The lowest BCUT2D eigenvalue weighted by Gasteiger charge is -2.09. The fraction of sp³-hybridized carbons (Fsp3) is 0.158. The number of aromatic nitrogens is 6. The summed E-state index contributed by atoms with van der Waals surface area (Å²) in [5.74, 6) is 0.904. The highest BCUT2D eigenvalue weighted by Crippen LogP contribution is 2.30. The number of alkyl halides is 3. The quantitative estimate of drug-likeness (QED) is 0.342. The van der Waals surface area contributed by atoms with Crippen molar-refractivity contribution in [2.45, 2.75) is 23.6 Å². The van der Waals surface area contributed by atoms with Crippen molar-refractivity contribution in [3.8, 4) is 5.69 Å². The fourth-order valence-corrected chi connectivity index (χ4v) is 3.82. The van der Waals surface area contributed by atoms with Gasteiger partial charge in [0.25, 0.3) is 0 Å². The van der Waals surface area contributed by atoms with Gasteiger partial charge in [0.2, 0.25) is 0 Å². The number of tetrazole rings is 1. The number of thioether (sulfide) groups is 1. The van der Waals surface area contributed by atoms with Crippen molar-refractivity contribution in [1.29, 1.82) is 0 Å². The number of rotatable bonds is 6. The molecule has 0 aliphatic heterocycles. The monoisotopic (exact) mass is 416 g/mol. The molecule has 0 fully saturated rings. The third kappa shape index (κ3) is 3.88. The van der Waals surface area contributed by atoms with Gasteiger partial charge in [-0.25, -0.2) is 4.98 Å². The standard InChI is InChI=1S/C19H15F3N6S/c1-2-11-27-16-6-4-3-5-15(16)23-18(27)29-12-17-24-25-26-28(17)14-9-7-13(8-10-14)19(20,21)22/h2-10H,1,11-12H2. The van der Waals surface area contributed by atoms with Crippen molar-refractivity contribution in [1.82, 2.24) is 29.8 Å². The van der Waals surface area contributed by atoms with Crippen LogP contribution >= 0.6 is 11.8 Å². The van der Waals surface area contributed by atoms with E-state index in [2.05, 4.69) is 27.1 Å². The number of benzene rings is 2. The second-order valence-corrected chi connectivity index (χ2v) is 7.07. The average molecular weight is 416 g/mol. The molecule has 0 bridgehead atoms. The Morgan fingerprint density at radius 1 is 1.07 bits per heavy atom. The predicted molar refractivity (Wildman–Crippen MR) is 104 cm³/mol. The maximum Gasteiger partial charge on any atom is 0.416 e. The van der Waals surface area contributed by atoms with E-state index >= 15 is 0 Å². The van der Waals surface area contributed by atoms with E-state index in [1.54, 1.807) is 6.08 Å². The molecule has 0 amide bonds. The Kier molecular flexibility index (Phi) is 5.10. The minimum Gasteiger partial charge on any atom is -0.315 e. The summed E-state index contributed by atoms with van der Waals surface area (Å²) >= 11 is 1.45. The van der Waals surface area contributed by atoms with E-state index in [0.717, 1.165) is 28.3 Å². The molecule has 0 saturated carbocycles. The van der Waals surface area contributed by atoms with Crippen molar-refractivity contribution >= 4 is 22.8 Å². The minimum absolute atomic E-state index is 0.397. The van der Waals surface area contributed by atoms with Crippen molar-refractivity contribution in [3.05, 3.63) is 72.6 Å². The van der Waals surface area contributed by atoms with Gasteiger partial charge in [0.05, 0.1) is 28.0 Å². The smallest absolute Gasteiger partial charge is 0.315 e. The SMILES string of the molecule is C=CCn1c(SCc2nnnn2-c2ccc(C(F)(F)F)cc2)nc2ccccc21. The molecule has 0 unspecified atom stereocenters. The summed E-state index contributed by atoms with van der Waals surface area (Å²) in [6.07, 6.45) is -2.59. The maximum atomic E-state index is 12.8. The Balaban J connectivity index is 1.58. The van der Waals surface area contributed by atoms with Crippen molar-refractivity contribution in [2.24, 2.45) is 0 Å². The van der Waals surface area contributed by atoms with Crippen molar-refractivity contribution in [2.75, 3.05) is 0 Å². The highest BCUT2D eigenvalue weighted by atomic mass is 32.2. The predicted octanol–water partition coefficient (Wildman–Crippen LogP) is 4.51. The average Bonchev–Trinajstić information content (AvgIpc) is 3.31. The molecule has 0 saturated heterocycles. The summed E-state index contributed by atoms with van der Waals surface area (Å²) < 4.78 is 41.8. The molecule has 148 valence electrons. The lowest BCUT2D eigenvalue weighted by Crippen LogP contribution is -2.07. The molecule has 10 heteroatoms. The van der Waals surface area contributed by atoms with E-state index in [9.17, 15) is 13.2 Å². The van der Waals surface area contributed by atoms with E-state index in [1.165, 1.54) is 28.6 Å². The zero-order valence-corrected chi connectivity index (χ0v) is 15.9. The second kappa shape index (κ2) is 7.70. The minimum atomic E-state index is -4.39. The molecule has 0 aliphatic carbocycles. The lowest BCUT2D eigenvalue weighted by molar-refractivity contribution is -0.137. The van der Waals surface area contributed by atoms with Crippen LogP contribution in [0.3, 0.4) is 0 Å². The van der Waals surface area contributed by atoms with Crippen LogP contribution in [-0.2, 0) is 18.5 Å². The van der Waals surface area contributed by atoms with E-state index in [1.807, 2.05) is 28.8 Å². The van der Waals surface area contributed by atoms with Gasteiger partial charge in [-0.15, -0.1) is 11.7 Å². The van der Waals surface area contributed by atoms with Gasteiger partial charge in [-0.05, 0) is 46.8 Å². The van der Waals surface area contributed by atoms with Crippen LogP contribution in [0.5, 0.6) is 0 Å². The summed E-state index contributed by atoms with van der Waals surface area (Å²) in [6.45, 7) is 4.40. The Morgan fingerprint density at radius 2 is 1.83 bits per heavy atom. The molecule has 6 nitrogen and oxygen atoms in total. The third-order valence-electron chi connectivity index (χ3n) is 4.23. The number of hydrogen-bond donors (Lipinski definition) is 0. The molecule has 0 radical (unpaired) electrons. The first-order chi connectivity index (χ1) is 14.0. The van der Waals surface area contributed by atoms with Crippen molar-refractivity contribution < 1.29 is 13.2 Å². The van der Waals surface area contributed by atoms with E-state index < -0.39 is 11.7 Å². The number of imidazole rings is 1.